The van der Waals surface area contributed by atoms with Crippen molar-refractivity contribution in [2.24, 2.45) is 5.10 Å². The SMILES string of the molecule is Cc1ccccc1C(=O)N/N=C1/CCc2ccccc2C1. The maximum atomic E-state index is 12.1. The van der Waals surface area contributed by atoms with Crippen molar-refractivity contribution in [1.82, 2.24) is 5.43 Å². The Morgan fingerprint density at radius 2 is 1.71 bits per heavy atom. The molecule has 3 nitrogen and oxygen atoms in total. The van der Waals surface area contributed by atoms with Gasteiger partial charge in [0.1, 0.15) is 0 Å². The Morgan fingerprint density at radius 3 is 2.52 bits per heavy atom. The van der Waals surface area contributed by atoms with Gasteiger partial charge in [-0.15, -0.1) is 0 Å². The molecule has 0 heterocycles. The minimum atomic E-state index is -0.139. The molecule has 1 amide bonds. The van der Waals surface area contributed by atoms with Crippen molar-refractivity contribution in [2.45, 2.75) is 26.2 Å². The Morgan fingerprint density at radius 1 is 1.00 bits per heavy atom. The van der Waals surface area contributed by atoms with Crippen LogP contribution in [-0.2, 0) is 12.8 Å². The first-order valence-electron chi connectivity index (χ1n) is 7.22. The zero-order valence-corrected chi connectivity index (χ0v) is 12.1. The van der Waals surface area contributed by atoms with Gasteiger partial charge in [0, 0.05) is 17.7 Å². The smallest absolute Gasteiger partial charge is 0.267 e. The van der Waals surface area contributed by atoms with E-state index in [1.807, 2.05) is 37.3 Å². The van der Waals surface area contributed by atoms with E-state index in [4.69, 9.17) is 0 Å². The van der Waals surface area contributed by atoms with Crippen LogP contribution in [0.15, 0.2) is 53.6 Å². The minimum absolute atomic E-state index is 0.139. The third-order valence-corrected chi connectivity index (χ3v) is 3.90. The first-order valence-corrected chi connectivity index (χ1v) is 7.22. The average Bonchev–Trinajstić information content (AvgIpc) is 2.53. The van der Waals surface area contributed by atoms with Crippen molar-refractivity contribution in [1.29, 1.82) is 0 Å². The molecule has 0 atom stereocenters. The van der Waals surface area contributed by atoms with Gasteiger partial charge in [0.25, 0.3) is 5.91 Å². The molecule has 2 aromatic rings. The Balaban J connectivity index is 1.70. The number of nitrogens with one attached hydrogen (secondary N) is 1. The molecule has 3 heteroatoms. The Kier molecular flexibility index (Phi) is 3.82. The number of benzene rings is 2. The summed E-state index contributed by atoms with van der Waals surface area (Å²) >= 11 is 0. The van der Waals surface area contributed by atoms with Crippen molar-refractivity contribution >= 4 is 11.6 Å². The summed E-state index contributed by atoms with van der Waals surface area (Å²) in [6, 6.07) is 16.0. The maximum Gasteiger partial charge on any atom is 0.271 e. The number of aryl methyl sites for hydroxylation is 2. The monoisotopic (exact) mass is 278 g/mol. The number of amides is 1. The van der Waals surface area contributed by atoms with Crippen molar-refractivity contribution in [3.63, 3.8) is 0 Å². The topological polar surface area (TPSA) is 41.5 Å². The molecule has 0 fully saturated rings. The molecular weight excluding hydrogens is 260 g/mol. The van der Waals surface area contributed by atoms with Crippen LogP contribution in [0.4, 0.5) is 0 Å². The van der Waals surface area contributed by atoms with E-state index >= 15 is 0 Å². The first kappa shape index (κ1) is 13.6. The van der Waals surface area contributed by atoms with Gasteiger partial charge < -0.3 is 0 Å². The lowest BCUT2D eigenvalue weighted by Gasteiger charge is -2.17. The Labute approximate surface area is 124 Å². The molecule has 3 rings (SSSR count). The number of nitrogens with zero attached hydrogens (tertiary/aromatic N) is 1. The second-order valence-corrected chi connectivity index (χ2v) is 5.38. The van der Waals surface area contributed by atoms with E-state index in [1.165, 1.54) is 11.1 Å². The van der Waals surface area contributed by atoms with Crippen LogP contribution in [0.25, 0.3) is 0 Å². The molecule has 21 heavy (non-hydrogen) atoms. The Bertz CT molecular complexity index is 704. The zero-order chi connectivity index (χ0) is 14.7. The molecule has 0 aliphatic heterocycles. The minimum Gasteiger partial charge on any atom is -0.267 e. The number of hydrogen-bond acceptors (Lipinski definition) is 2. The molecule has 1 aliphatic carbocycles. The van der Waals surface area contributed by atoms with Gasteiger partial charge in [-0.2, -0.15) is 5.10 Å². The number of fused-ring (bicyclic) bond motifs is 1. The van der Waals surface area contributed by atoms with Gasteiger partial charge in [-0.25, -0.2) is 5.43 Å². The molecule has 0 spiro atoms. The lowest BCUT2D eigenvalue weighted by molar-refractivity contribution is 0.0954. The lowest BCUT2D eigenvalue weighted by atomic mass is 9.90. The summed E-state index contributed by atoms with van der Waals surface area (Å²) < 4.78 is 0. The fraction of sp³-hybridized carbons (Fsp3) is 0.222. The van der Waals surface area contributed by atoms with Crippen LogP contribution in [-0.4, -0.2) is 11.6 Å². The number of hydrogen-bond donors (Lipinski definition) is 1. The summed E-state index contributed by atoms with van der Waals surface area (Å²) in [5.74, 6) is -0.139. The molecule has 0 aromatic heterocycles. The third-order valence-electron chi connectivity index (χ3n) is 3.90. The summed E-state index contributed by atoms with van der Waals surface area (Å²) in [5, 5.41) is 4.32. The van der Waals surface area contributed by atoms with Gasteiger partial charge in [-0.3, -0.25) is 4.79 Å². The van der Waals surface area contributed by atoms with Gasteiger partial charge in [0.05, 0.1) is 0 Å². The highest BCUT2D eigenvalue weighted by atomic mass is 16.2. The zero-order valence-electron chi connectivity index (χ0n) is 12.1. The van der Waals surface area contributed by atoms with E-state index in [0.29, 0.717) is 5.56 Å². The Hall–Kier alpha value is -2.42. The summed E-state index contributed by atoms with van der Waals surface area (Å²) in [4.78, 5) is 12.1. The molecule has 2 aromatic carbocycles. The maximum absolute atomic E-state index is 12.1. The van der Waals surface area contributed by atoms with Crippen LogP contribution in [0.5, 0.6) is 0 Å². The normalized spacial score (nSPS) is 15.6. The third kappa shape index (κ3) is 3.02. The predicted octanol–water partition coefficient (Wildman–Crippen LogP) is 3.27. The van der Waals surface area contributed by atoms with Crippen LogP contribution >= 0.6 is 0 Å². The molecular formula is C18H18N2O. The molecule has 1 aliphatic rings. The molecule has 1 N–H and O–H groups in total. The van der Waals surface area contributed by atoms with E-state index in [0.717, 1.165) is 30.5 Å². The second-order valence-electron chi connectivity index (χ2n) is 5.38. The lowest BCUT2D eigenvalue weighted by Crippen LogP contribution is -2.23. The standard InChI is InChI=1S/C18H18N2O/c1-13-6-2-5-9-17(13)18(21)20-19-16-11-10-14-7-3-4-8-15(14)12-16/h2-9H,10-12H2,1H3,(H,20,21)/b19-16-. The van der Waals surface area contributed by atoms with Gasteiger partial charge >= 0.3 is 0 Å². The average molecular weight is 278 g/mol. The molecule has 106 valence electrons. The van der Waals surface area contributed by atoms with Crippen LogP contribution in [0, 0.1) is 6.92 Å². The van der Waals surface area contributed by atoms with Crippen molar-refractivity contribution < 1.29 is 4.79 Å². The molecule has 0 saturated heterocycles. The van der Waals surface area contributed by atoms with Gasteiger partial charge in [0.2, 0.25) is 0 Å². The summed E-state index contributed by atoms with van der Waals surface area (Å²) in [6.07, 6.45) is 2.73. The van der Waals surface area contributed by atoms with Crippen molar-refractivity contribution in [3.8, 4) is 0 Å². The highest BCUT2D eigenvalue weighted by Gasteiger charge is 2.14. The number of carbonyl (C=O) groups excluding carboxylic acids is 1. The molecule has 0 bridgehead atoms. The van der Waals surface area contributed by atoms with Crippen molar-refractivity contribution in [3.05, 3.63) is 70.8 Å². The number of hydrazone groups is 1. The highest BCUT2D eigenvalue weighted by Crippen LogP contribution is 2.19. The molecule has 0 saturated carbocycles. The van der Waals surface area contributed by atoms with E-state index in [2.05, 4.69) is 28.7 Å². The largest absolute Gasteiger partial charge is 0.271 e. The number of rotatable bonds is 2. The van der Waals surface area contributed by atoms with Crippen LogP contribution in [0.2, 0.25) is 0 Å². The van der Waals surface area contributed by atoms with Crippen LogP contribution < -0.4 is 5.43 Å². The van der Waals surface area contributed by atoms with Crippen LogP contribution in [0.3, 0.4) is 0 Å². The highest BCUT2D eigenvalue weighted by molar-refractivity contribution is 5.97. The van der Waals surface area contributed by atoms with E-state index < -0.39 is 0 Å². The van der Waals surface area contributed by atoms with Gasteiger partial charge in [-0.1, -0.05) is 42.5 Å². The summed E-state index contributed by atoms with van der Waals surface area (Å²) in [7, 11) is 0. The van der Waals surface area contributed by atoms with Gasteiger partial charge in [-0.05, 0) is 42.5 Å². The predicted molar refractivity (Wildman–Crippen MR) is 84.5 cm³/mol. The van der Waals surface area contributed by atoms with E-state index in [-0.39, 0.29) is 5.91 Å². The fourth-order valence-electron chi connectivity index (χ4n) is 2.67. The molecule has 0 radical (unpaired) electrons. The van der Waals surface area contributed by atoms with E-state index in [9.17, 15) is 4.79 Å². The van der Waals surface area contributed by atoms with E-state index in [1.54, 1.807) is 0 Å². The summed E-state index contributed by atoms with van der Waals surface area (Å²) in [6.45, 7) is 1.93. The first-order chi connectivity index (χ1) is 10.2. The fourth-order valence-corrected chi connectivity index (χ4v) is 2.67. The second kappa shape index (κ2) is 5.92. The molecule has 0 unspecified atom stereocenters. The van der Waals surface area contributed by atoms with Crippen LogP contribution in [0.1, 0.15) is 33.5 Å². The summed E-state index contributed by atoms with van der Waals surface area (Å²) in [5.41, 5.74) is 8.07. The number of carbonyl (C=O) groups is 1. The quantitative estimate of drug-likeness (QED) is 0.842. The van der Waals surface area contributed by atoms with Crippen molar-refractivity contribution in [2.75, 3.05) is 0 Å². The van der Waals surface area contributed by atoms with Gasteiger partial charge in [0.15, 0.2) is 0 Å².